The van der Waals surface area contributed by atoms with E-state index in [1.165, 1.54) is 83.0 Å². The van der Waals surface area contributed by atoms with Crippen LogP contribution in [0.2, 0.25) is 0 Å². The van der Waals surface area contributed by atoms with E-state index in [2.05, 4.69) is 199 Å². The maximum atomic E-state index is 2.45. The lowest BCUT2D eigenvalue weighted by Gasteiger charge is -2.28. The summed E-state index contributed by atoms with van der Waals surface area (Å²) in [4.78, 5) is 0. The SMILES string of the molecule is c1ccc(-c2cc(-c3ccccc3)c3c(c2)c2cc(-c4ccc(CC5Cc6ccccc6-c6ccccc65)cc4)ccc2n3-c2ccccc2)cc1. The first-order valence-corrected chi connectivity index (χ1v) is 18.3. The molecule has 1 aromatic heterocycles. The summed E-state index contributed by atoms with van der Waals surface area (Å²) in [5, 5.41) is 2.52. The molecular formula is C51H37N. The van der Waals surface area contributed by atoms with Gasteiger partial charge in [0, 0.05) is 22.0 Å². The Balaban J connectivity index is 1.09. The fourth-order valence-electron chi connectivity index (χ4n) is 8.54. The highest BCUT2D eigenvalue weighted by Gasteiger charge is 2.24. The molecule has 0 saturated heterocycles. The molecule has 8 aromatic carbocycles. The second-order valence-electron chi connectivity index (χ2n) is 14.1. The molecule has 1 nitrogen and oxygen atoms in total. The summed E-state index contributed by atoms with van der Waals surface area (Å²) in [6.45, 7) is 0. The van der Waals surface area contributed by atoms with Gasteiger partial charge in [-0.1, -0.05) is 158 Å². The van der Waals surface area contributed by atoms with Gasteiger partial charge in [0.1, 0.15) is 0 Å². The number of aromatic nitrogens is 1. The predicted octanol–water partition coefficient (Wildman–Crippen LogP) is 13.3. The summed E-state index contributed by atoms with van der Waals surface area (Å²) in [5.41, 5.74) is 18.0. The molecule has 52 heavy (non-hydrogen) atoms. The van der Waals surface area contributed by atoms with E-state index < -0.39 is 0 Å². The predicted molar refractivity (Wildman–Crippen MR) is 219 cm³/mol. The lowest BCUT2D eigenvalue weighted by atomic mass is 9.76. The van der Waals surface area contributed by atoms with E-state index in [9.17, 15) is 0 Å². The van der Waals surface area contributed by atoms with Crippen LogP contribution in [0.25, 0.3) is 72.0 Å². The van der Waals surface area contributed by atoms with Crippen LogP contribution in [0.5, 0.6) is 0 Å². The Morgan fingerprint density at radius 2 is 1.02 bits per heavy atom. The summed E-state index contributed by atoms with van der Waals surface area (Å²) >= 11 is 0. The average molecular weight is 664 g/mol. The van der Waals surface area contributed by atoms with Crippen molar-refractivity contribution in [3.05, 3.63) is 211 Å². The molecule has 9 aromatic rings. The summed E-state index contributed by atoms with van der Waals surface area (Å²) < 4.78 is 2.45. The van der Waals surface area contributed by atoms with Crippen molar-refractivity contribution in [2.45, 2.75) is 18.8 Å². The summed E-state index contributed by atoms with van der Waals surface area (Å²) in [6, 6.07) is 71.4. The average Bonchev–Trinajstić information content (AvgIpc) is 3.55. The van der Waals surface area contributed by atoms with Crippen molar-refractivity contribution in [1.82, 2.24) is 4.57 Å². The van der Waals surface area contributed by atoms with Gasteiger partial charge >= 0.3 is 0 Å². The van der Waals surface area contributed by atoms with Crippen LogP contribution in [-0.2, 0) is 12.8 Å². The molecule has 0 bridgehead atoms. The summed E-state index contributed by atoms with van der Waals surface area (Å²) in [7, 11) is 0. The minimum atomic E-state index is 0.468. The molecule has 0 N–H and O–H groups in total. The molecule has 0 fully saturated rings. The van der Waals surface area contributed by atoms with Crippen molar-refractivity contribution < 1.29 is 0 Å². The van der Waals surface area contributed by atoms with Gasteiger partial charge in [-0.25, -0.2) is 0 Å². The first kappa shape index (κ1) is 30.4. The zero-order chi connectivity index (χ0) is 34.4. The van der Waals surface area contributed by atoms with Crippen LogP contribution in [0.4, 0.5) is 0 Å². The molecule has 1 atom stereocenters. The Bertz CT molecular complexity index is 2700. The number of benzene rings is 8. The minimum Gasteiger partial charge on any atom is -0.309 e. The largest absolute Gasteiger partial charge is 0.309 e. The topological polar surface area (TPSA) is 4.93 Å². The molecule has 1 unspecified atom stereocenters. The van der Waals surface area contributed by atoms with Crippen molar-refractivity contribution in [2.75, 3.05) is 0 Å². The number of para-hydroxylation sites is 1. The third kappa shape index (κ3) is 5.25. The van der Waals surface area contributed by atoms with Gasteiger partial charge in [-0.3, -0.25) is 0 Å². The van der Waals surface area contributed by atoms with Crippen LogP contribution in [0.1, 0.15) is 22.6 Å². The van der Waals surface area contributed by atoms with Crippen LogP contribution in [0.3, 0.4) is 0 Å². The highest BCUT2D eigenvalue weighted by Crippen LogP contribution is 2.43. The van der Waals surface area contributed by atoms with Crippen LogP contribution < -0.4 is 0 Å². The molecule has 10 rings (SSSR count). The number of fused-ring (bicyclic) bond motifs is 6. The van der Waals surface area contributed by atoms with Gasteiger partial charge in [0.25, 0.3) is 0 Å². The highest BCUT2D eigenvalue weighted by molar-refractivity contribution is 6.16. The fraction of sp³-hybridized carbons (Fsp3) is 0.0588. The van der Waals surface area contributed by atoms with E-state index in [0.717, 1.165) is 18.5 Å². The second kappa shape index (κ2) is 12.7. The Morgan fingerprint density at radius 3 is 1.79 bits per heavy atom. The number of nitrogens with zero attached hydrogens (tertiary/aromatic N) is 1. The second-order valence-corrected chi connectivity index (χ2v) is 14.1. The fourth-order valence-corrected chi connectivity index (χ4v) is 8.54. The van der Waals surface area contributed by atoms with E-state index in [-0.39, 0.29) is 0 Å². The molecular weight excluding hydrogens is 627 g/mol. The van der Waals surface area contributed by atoms with Crippen LogP contribution in [0, 0.1) is 0 Å². The maximum absolute atomic E-state index is 2.45. The van der Waals surface area contributed by atoms with E-state index in [1.807, 2.05) is 0 Å². The quantitative estimate of drug-likeness (QED) is 0.167. The van der Waals surface area contributed by atoms with E-state index in [4.69, 9.17) is 0 Å². The molecule has 1 aliphatic carbocycles. The van der Waals surface area contributed by atoms with Crippen molar-refractivity contribution in [1.29, 1.82) is 0 Å². The van der Waals surface area contributed by atoms with E-state index in [1.54, 1.807) is 0 Å². The van der Waals surface area contributed by atoms with Crippen LogP contribution >= 0.6 is 0 Å². The lowest BCUT2D eigenvalue weighted by Crippen LogP contribution is -2.13. The number of hydrogen-bond acceptors (Lipinski definition) is 0. The Morgan fingerprint density at radius 1 is 0.423 bits per heavy atom. The smallest absolute Gasteiger partial charge is 0.0619 e. The van der Waals surface area contributed by atoms with Gasteiger partial charge in [0.2, 0.25) is 0 Å². The molecule has 0 aliphatic heterocycles. The van der Waals surface area contributed by atoms with Gasteiger partial charge in [-0.2, -0.15) is 0 Å². The zero-order valence-corrected chi connectivity index (χ0v) is 28.9. The molecule has 1 aliphatic rings. The van der Waals surface area contributed by atoms with Crippen molar-refractivity contribution in [3.8, 4) is 50.2 Å². The third-order valence-electron chi connectivity index (χ3n) is 11.0. The lowest BCUT2D eigenvalue weighted by molar-refractivity contribution is 0.673. The Labute approximate surface area is 305 Å². The normalized spacial score (nSPS) is 13.6. The van der Waals surface area contributed by atoms with Gasteiger partial charge < -0.3 is 4.57 Å². The molecule has 1 heteroatoms. The highest BCUT2D eigenvalue weighted by atomic mass is 15.0. The monoisotopic (exact) mass is 663 g/mol. The first-order valence-electron chi connectivity index (χ1n) is 18.3. The molecule has 0 spiro atoms. The van der Waals surface area contributed by atoms with Crippen LogP contribution in [0.15, 0.2) is 194 Å². The van der Waals surface area contributed by atoms with E-state index >= 15 is 0 Å². The molecule has 246 valence electrons. The molecule has 0 saturated carbocycles. The zero-order valence-electron chi connectivity index (χ0n) is 28.9. The van der Waals surface area contributed by atoms with Crippen molar-refractivity contribution in [3.63, 3.8) is 0 Å². The Hall–Kier alpha value is -6.44. The van der Waals surface area contributed by atoms with Gasteiger partial charge in [-0.05, 0) is 111 Å². The third-order valence-corrected chi connectivity index (χ3v) is 11.0. The molecule has 1 heterocycles. The first-order chi connectivity index (χ1) is 25.8. The minimum absolute atomic E-state index is 0.468. The standard InChI is InChI=1S/C51H37N/c1-4-14-36(15-5-1)41-33-47(38-16-6-2-7-17-38)51-49(34-41)48-32-39(28-29-50(48)52(51)43-19-8-3-9-20-43)37-26-24-35(25-27-37)30-42-31-40-18-10-11-21-44(40)46-23-13-12-22-45(42)46/h1-29,32-34,42H,30-31H2. The number of hydrogen-bond donors (Lipinski definition) is 0. The molecule has 0 radical (unpaired) electrons. The maximum Gasteiger partial charge on any atom is 0.0619 e. The molecule has 0 amide bonds. The summed E-state index contributed by atoms with van der Waals surface area (Å²) in [6.07, 6.45) is 2.10. The van der Waals surface area contributed by atoms with Crippen molar-refractivity contribution >= 4 is 21.8 Å². The van der Waals surface area contributed by atoms with Gasteiger partial charge in [-0.15, -0.1) is 0 Å². The van der Waals surface area contributed by atoms with Gasteiger partial charge in [0.15, 0.2) is 0 Å². The summed E-state index contributed by atoms with van der Waals surface area (Å²) in [5.74, 6) is 0.468. The van der Waals surface area contributed by atoms with E-state index in [0.29, 0.717) is 5.92 Å². The van der Waals surface area contributed by atoms with Gasteiger partial charge in [0.05, 0.1) is 11.0 Å². The van der Waals surface area contributed by atoms with Crippen LogP contribution in [-0.4, -0.2) is 4.57 Å². The number of rotatable bonds is 6. The Kier molecular flexibility index (Phi) is 7.43. The van der Waals surface area contributed by atoms with Crippen molar-refractivity contribution in [2.24, 2.45) is 0 Å².